The fraction of sp³-hybridized carbons (Fsp3) is 0.235. The van der Waals surface area contributed by atoms with Crippen molar-refractivity contribution in [2.45, 2.75) is 25.3 Å². The SMILES string of the molecule is O=C(Nc1ccccc1Cc1ccccc1)NC1CC1. The van der Waals surface area contributed by atoms with E-state index in [1.54, 1.807) is 0 Å². The predicted molar refractivity (Wildman–Crippen MR) is 80.9 cm³/mol. The first-order valence-electron chi connectivity index (χ1n) is 7.00. The molecule has 2 aromatic rings. The Hall–Kier alpha value is -2.29. The molecule has 3 heteroatoms. The number of para-hydroxylation sites is 1. The number of carbonyl (C=O) groups is 1. The van der Waals surface area contributed by atoms with Crippen LogP contribution in [0.2, 0.25) is 0 Å². The zero-order valence-electron chi connectivity index (χ0n) is 11.3. The number of rotatable bonds is 4. The van der Waals surface area contributed by atoms with Crippen LogP contribution in [-0.2, 0) is 6.42 Å². The number of urea groups is 1. The van der Waals surface area contributed by atoms with E-state index in [2.05, 4.69) is 28.8 Å². The summed E-state index contributed by atoms with van der Waals surface area (Å²) in [5.74, 6) is 0. The van der Waals surface area contributed by atoms with Crippen molar-refractivity contribution >= 4 is 11.7 Å². The Balaban J connectivity index is 1.72. The minimum Gasteiger partial charge on any atom is -0.335 e. The largest absolute Gasteiger partial charge is 0.335 e. The Kier molecular flexibility index (Phi) is 3.68. The van der Waals surface area contributed by atoms with E-state index >= 15 is 0 Å². The number of hydrogen-bond acceptors (Lipinski definition) is 1. The lowest BCUT2D eigenvalue weighted by molar-refractivity contribution is 0.251. The van der Waals surface area contributed by atoms with E-state index in [4.69, 9.17) is 0 Å². The molecule has 0 spiro atoms. The second-order valence-corrected chi connectivity index (χ2v) is 5.19. The van der Waals surface area contributed by atoms with E-state index in [-0.39, 0.29) is 6.03 Å². The first kappa shape index (κ1) is 12.7. The van der Waals surface area contributed by atoms with Gasteiger partial charge < -0.3 is 10.6 Å². The molecule has 0 saturated heterocycles. The van der Waals surface area contributed by atoms with Gasteiger partial charge in [-0.05, 0) is 36.5 Å². The van der Waals surface area contributed by atoms with Crippen LogP contribution in [0.25, 0.3) is 0 Å². The van der Waals surface area contributed by atoms with Crippen LogP contribution in [0.1, 0.15) is 24.0 Å². The molecule has 1 aliphatic carbocycles. The number of amides is 2. The van der Waals surface area contributed by atoms with E-state index in [1.165, 1.54) is 5.56 Å². The molecule has 0 aliphatic heterocycles. The van der Waals surface area contributed by atoms with Gasteiger partial charge in [-0.15, -0.1) is 0 Å². The summed E-state index contributed by atoms with van der Waals surface area (Å²) in [5, 5.41) is 5.90. The van der Waals surface area contributed by atoms with Crippen molar-refractivity contribution in [2.24, 2.45) is 0 Å². The highest BCUT2D eigenvalue weighted by atomic mass is 16.2. The van der Waals surface area contributed by atoms with Crippen LogP contribution in [0.3, 0.4) is 0 Å². The van der Waals surface area contributed by atoms with E-state index in [1.807, 2.05) is 36.4 Å². The van der Waals surface area contributed by atoms with Gasteiger partial charge in [0.2, 0.25) is 0 Å². The Morgan fingerprint density at radius 2 is 1.70 bits per heavy atom. The van der Waals surface area contributed by atoms with Crippen LogP contribution < -0.4 is 10.6 Å². The molecule has 2 aromatic carbocycles. The first-order valence-corrected chi connectivity index (χ1v) is 7.00. The van der Waals surface area contributed by atoms with Crippen LogP contribution in [0.15, 0.2) is 54.6 Å². The van der Waals surface area contributed by atoms with Gasteiger partial charge in [-0.25, -0.2) is 4.79 Å². The molecule has 2 N–H and O–H groups in total. The molecule has 0 radical (unpaired) electrons. The standard InChI is InChI=1S/C17H18N2O/c20-17(18-15-10-11-15)19-16-9-5-4-8-14(16)12-13-6-2-1-3-7-13/h1-9,15H,10-12H2,(H2,18,19,20). The highest BCUT2D eigenvalue weighted by Crippen LogP contribution is 2.21. The summed E-state index contributed by atoms with van der Waals surface area (Å²) in [7, 11) is 0. The van der Waals surface area contributed by atoms with Crippen molar-refractivity contribution in [2.75, 3.05) is 5.32 Å². The summed E-state index contributed by atoms with van der Waals surface area (Å²) in [6, 6.07) is 18.5. The smallest absolute Gasteiger partial charge is 0.319 e. The fourth-order valence-corrected chi connectivity index (χ4v) is 2.18. The Labute approximate surface area is 119 Å². The second-order valence-electron chi connectivity index (χ2n) is 5.19. The number of hydrogen-bond donors (Lipinski definition) is 2. The molecule has 1 saturated carbocycles. The summed E-state index contributed by atoms with van der Waals surface area (Å²) >= 11 is 0. The number of anilines is 1. The maximum absolute atomic E-state index is 11.8. The third-order valence-electron chi connectivity index (χ3n) is 3.42. The Morgan fingerprint density at radius 3 is 2.45 bits per heavy atom. The maximum Gasteiger partial charge on any atom is 0.319 e. The van der Waals surface area contributed by atoms with Crippen molar-refractivity contribution < 1.29 is 4.79 Å². The molecular formula is C17H18N2O. The van der Waals surface area contributed by atoms with Crippen molar-refractivity contribution in [3.63, 3.8) is 0 Å². The van der Waals surface area contributed by atoms with Gasteiger partial charge in [0.1, 0.15) is 0 Å². The number of nitrogens with one attached hydrogen (secondary N) is 2. The van der Waals surface area contributed by atoms with Gasteiger partial charge in [-0.2, -0.15) is 0 Å². The Morgan fingerprint density at radius 1 is 1.00 bits per heavy atom. The van der Waals surface area contributed by atoms with Gasteiger partial charge in [0, 0.05) is 11.7 Å². The quantitative estimate of drug-likeness (QED) is 0.872. The van der Waals surface area contributed by atoms with Crippen molar-refractivity contribution in [1.29, 1.82) is 0 Å². The Bertz CT molecular complexity index is 591. The summed E-state index contributed by atoms with van der Waals surface area (Å²) in [6.45, 7) is 0. The highest BCUT2D eigenvalue weighted by molar-refractivity contribution is 5.90. The van der Waals surface area contributed by atoms with E-state index in [0.29, 0.717) is 6.04 Å². The molecule has 0 atom stereocenters. The van der Waals surface area contributed by atoms with E-state index < -0.39 is 0 Å². The van der Waals surface area contributed by atoms with Gasteiger partial charge in [0.25, 0.3) is 0 Å². The lowest BCUT2D eigenvalue weighted by Gasteiger charge is -2.11. The van der Waals surface area contributed by atoms with Crippen LogP contribution in [-0.4, -0.2) is 12.1 Å². The average molecular weight is 266 g/mol. The van der Waals surface area contributed by atoms with Gasteiger partial charge in [0.05, 0.1) is 0 Å². The third kappa shape index (κ3) is 3.38. The molecular weight excluding hydrogens is 248 g/mol. The molecule has 3 rings (SSSR count). The fourth-order valence-electron chi connectivity index (χ4n) is 2.18. The van der Waals surface area contributed by atoms with Crippen molar-refractivity contribution in [3.05, 3.63) is 65.7 Å². The van der Waals surface area contributed by atoms with Crippen LogP contribution >= 0.6 is 0 Å². The molecule has 0 unspecified atom stereocenters. The number of benzene rings is 2. The van der Waals surface area contributed by atoms with Gasteiger partial charge >= 0.3 is 6.03 Å². The van der Waals surface area contributed by atoms with Crippen molar-refractivity contribution in [3.8, 4) is 0 Å². The van der Waals surface area contributed by atoms with Gasteiger partial charge in [-0.3, -0.25) is 0 Å². The minimum absolute atomic E-state index is 0.104. The topological polar surface area (TPSA) is 41.1 Å². The van der Waals surface area contributed by atoms with E-state index in [0.717, 1.165) is 30.5 Å². The molecule has 1 fully saturated rings. The van der Waals surface area contributed by atoms with E-state index in [9.17, 15) is 4.79 Å². The summed E-state index contributed by atoms with van der Waals surface area (Å²) in [5.41, 5.74) is 3.25. The summed E-state index contributed by atoms with van der Waals surface area (Å²) in [6.07, 6.45) is 3.01. The van der Waals surface area contributed by atoms with Gasteiger partial charge in [-0.1, -0.05) is 48.5 Å². The first-order chi connectivity index (χ1) is 9.81. The zero-order chi connectivity index (χ0) is 13.8. The van der Waals surface area contributed by atoms with Crippen molar-refractivity contribution in [1.82, 2.24) is 5.32 Å². The third-order valence-corrected chi connectivity index (χ3v) is 3.42. The molecule has 0 bridgehead atoms. The predicted octanol–water partition coefficient (Wildman–Crippen LogP) is 3.56. The van der Waals surface area contributed by atoms with Crippen LogP contribution in [0.4, 0.5) is 10.5 Å². The molecule has 1 aliphatic rings. The second kappa shape index (κ2) is 5.78. The molecule has 20 heavy (non-hydrogen) atoms. The lowest BCUT2D eigenvalue weighted by atomic mass is 10.0. The van der Waals surface area contributed by atoms with Crippen LogP contribution in [0, 0.1) is 0 Å². The maximum atomic E-state index is 11.8. The summed E-state index contributed by atoms with van der Waals surface area (Å²) in [4.78, 5) is 11.8. The molecule has 2 amide bonds. The average Bonchev–Trinajstić information content (AvgIpc) is 3.26. The molecule has 102 valence electrons. The molecule has 0 aromatic heterocycles. The highest BCUT2D eigenvalue weighted by Gasteiger charge is 2.23. The number of carbonyl (C=O) groups excluding carboxylic acids is 1. The van der Waals surface area contributed by atoms with Gasteiger partial charge in [0.15, 0.2) is 0 Å². The monoisotopic (exact) mass is 266 g/mol. The summed E-state index contributed by atoms with van der Waals surface area (Å²) < 4.78 is 0. The minimum atomic E-state index is -0.104. The van der Waals surface area contributed by atoms with Crippen LogP contribution in [0.5, 0.6) is 0 Å². The molecule has 3 nitrogen and oxygen atoms in total. The lowest BCUT2D eigenvalue weighted by Crippen LogP contribution is -2.30. The zero-order valence-corrected chi connectivity index (χ0v) is 11.3. The normalized spacial score (nSPS) is 13.8. The molecule has 0 heterocycles.